The van der Waals surface area contributed by atoms with Gasteiger partial charge < -0.3 is 20.6 Å². The number of nitrogens with zero attached hydrogens (tertiary/aromatic N) is 1. The van der Waals surface area contributed by atoms with Gasteiger partial charge >= 0.3 is 12.0 Å². The topological polar surface area (TPSA) is 81.7 Å². The SMILES string of the molecule is CC(C)CN(c1c(F)cc(-c2ccccc2C(=O)O)cc1NC(=O)Nc1ccccc1F)C1CCCCC1. The first-order valence-corrected chi connectivity index (χ1v) is 13.0. The van der Waals surface area contributed by atoms with Gasteiger partial charge in [-0.25, -0.2) is 18.4 Å². The first-order chi connectivity index (χ1) is 18.2. The van der Waals surface area contributed by atoms with Crippen LogP contribution in [0.5, 0.6) is 0 Å². The molecule has 8 heteroatoms. The molecule has 0 spiro atoms. The minimum atomic E-state index is -1.14. The van der Waals surface area contributed by atoms with Crippen molar-refractivity contribution in [3.63, 3.8) is 0 Å². The van der Waals surface area contributed by atoms with Crippen LogP contribution in [0.4, 0.5) is 30.6 Å². The molecule has 1 fully saturated rings. The van der Waals surface area contributed by atoms with Gasteiger partial charge in [0.05, 0.1) is 22.6 Å². The summed E-state index contributed by atoms with van der Waals surface area (Å²) in [4.78, 5) is 26.9. The lowest BCUT2D eigenvalue weighted by molar-refractivity contribution is 0.0697. The number of anilines is 3. The fraction of sp³-hybridized carbons (Fsp3) is 0.333. The smallest absolute Gasteiger partial charge is 0.336 e. The zero-order chi connectivity index (χ0) is 27.2. The van der Waals surface area contributed by atoms with Gasteiger partial charge in [0, 0.05) is 12.6 Å². The van der Waals surface area contributed by atoms with Crippen molar-refractivity contribution in [1.29, 1.82) is 0 Å². The Bertz CT molecular complexity index is 1310. The monoisotopic (exact) mass is 521 g/mol. The highest BCUT2D eigenvalue weighted by Crippen LogP contribution is 2.39. The summed E-state index contributed by atoms with van der Waals surface area (Å²) in [6, 6.07) is 14.4. The van der Waals surface area contributed by atoms with E-state index in [0.29, 0.717) is 17.7 Å². The van der Waals surface area contributed by atoms with Crippen LogP contribution in [0.25, 0.3) is 11.1 Å². The van der Waals surface area contributed by atoms with Crippen molar-refractivity contribution in [2.75, 3.05) is 22.1 Å². The van der Waals surface area contributed by atoms with E-state index in [2.05, 4.69) is 24.5 Å². The van der Waals surface area contributed by atoms with Crippen LogP contribution in [-0.2, 0) is 0 Å². The number of aromatic carboxylic acids is 1. The molecule has 0 aromatic heterocycles. The summed E-state index contributed by atoms with van der Waals surface area (Å²) in [6.07, 6.45) is 5.05. The van der Waals surface area contributed by atoms with Gasteiger partial charge in [0.1, 0.15) is 11.6 Å². The summed E-state index contributed by atoms with van der Waals surface area (Å²) in [6.45, 7) is 4.70. The maximum absolute atomic E-state index is 16.1. The number of carbonyl (C=O) groups excluding carboxylic acids is 1. The van der Waals surface area contributed by atoms with Crippen molar-refractivity contribution in [2.24, 2.45) is 5.92 Å². The van der Waals surface area contributed by atoms with E-state index in [0.717, 1.165) is 32.1 Å². The van der Waals surface area contributed by atoms with Crippen molar-refractivity contribution in [1.82, 2.24) is 0 Å². The van der Waals surface area contributed by atoms with Gasteiger partial charge in [-0.15, -0.1) is 0 Å². The number of benzene rings is 3. The van der Waals surface area contributed by atoms with Crippen LogP contribution >= 0.6 is 0 Å². The molecule has 1 saturated carbocycles. The van der Waals surface area contributed by atoms with Crippen molar-refractivity contribution in [3.05, 3.63) is 77.9 Å². The van der Waals surface area contributed by atoms with Gasteiger partial charge in [-0.1, -0.05) is 63.4 Å². The fourth-order valence-electron chi connectivity index (χ4n) is 5.11. The molecule has 0 radical (unpaired) electrons. The lowest BCUT2D eigenvalue weighted by Crippen LogP contribution is -2.40. The molecule has 0 bridgehead atoms. The lowest BCUT2D eigenvalue weighted by atomic mass is 9.92. The van der Waals surface area contributed by atoms with E-state index >= 15 is 4.39 Å². The van der Waals surface area contributed by atoms with Gasteiger partial charge in [-0.05, 0) is 60.2 Å². The van der Waals surface area contributed by atoms with Crippen molar-refractivity contribution in [2.45, 2.75) is 52.0 Å². The average molecular weight is 522 g/mol. The number of amides is 2. The van der Waals surface area contributed by atoms with Crippen LogP contribution in [0.15, 0.2) is 60.7 Å². The largest absolute Gasteiger partial charge is 0.478 e. The number of urea groups is 1. The molecule has 6 nitrogen and oxygen atoms in total. The number of nitrogens with one attached hydrogen (secondary N) is 2. The van der Waals surface area contributed by atoms with E-state index < -0.39 is 23.6 Å². The third-order valence-electron chi connectivity index (χ3n) is 6.77. The normalized spacial score (nSPS) is 13.8. The van der Waals surface area contributed by atoms with Gasteiger partial charge in [-0.2, -0.15) is 0 Å². The predicted octanol–water partition coefficient (Wildman–Crippen LogP) is 7.77. The Balaban J connectivity index is 1.81. The third-order valence-corrected chi connectivity index (χ3v) is 6.77. The molecule has 38 heavy (non-hydrogen) atoms. The molecule has 0 saturated heterocycles. The van der Waals surface area contributed by atoms with Crippen LogP contribution in [-0.4, -0.2) is 29.7 Å². The molecule has 2 amide bonds. The lowest BCUT2D eigenvalue weighted by Gasteiger charge is -2.38. The van der Waals surface area contributed by atoms with E-state index in [9.17, 15) is 19.1 Å². The number of carboxylic acid groups (broad SMARTS) is 1. The molecule has 200 valence electrons. The second kappa shape index (κ2) is 12.1. The Labute approximate surface area is 221 Å². The molecule has 3 aromatic carbocycles. The zero-order valence-corrected chi connectivity index (χ0v) is 21.6. The fourth-order valence-corrected chi connectivity index (χ4v) is 5.11. The van der Waals surface area contributed by atoms with Crippen molar-refractivity contribution < 1.29 is 23.5 Å². The van der Waals surface area contributed by atoms with Crippen LogP contribution in [0.3, 0.4) is 0 Å². The van der Waals surface area contributed by atoms with Gasteiger partial charge in [0.2, 0.25) is 0 Å². The number of halogens is 2. The molecule has 1 aliphatic carbocycles. The Morgan fingerprint density at radius 1 is 0.921 bits per heavy atom. The first kappa shape index (κ1) is 27.1. The van der Waals surface area contributed by atoms with Crippen LogP contribution in [0.2, 0.25) is 0 Å². The molecule has 3 aromatic rings. The Hall–Kier alpha value is -3.94. The number of carboxylic acids is 1. The van der Waals surface area contributed by atoms with Gasteiger partial charge in [0.15, 0.2) is 0 Å². The molecule has 1 aliphatic rings. The van der Waals surface area contributed by atoms with E-state index in [-0.39, 0.29) is 34.6 Å². The predicted molar refractivity (Wildman–Crippen MR) is 147 cm³/mol. The highest BCUT2D eigenvalue weighted by atomic mass is 19.1. The van der Waals surface area contributed by atoms with Crippen LogP contribution < -0.4 is 15.5 Å². The highest BCUT2D eigenvalue weighted by Gasteiger charge is 2.28. The van der Waals surface area contributed by atoms with Gasteiger partial charge in [-0.3, -0.25) is 0 Å². The Kier molecular flexibility index (Phi) is 8.61. The molecule has 3 N–H and O–H groups in total. The minimum Gasteiger partial charge on any atom is -0.478 e. The summed E-state index contributed by atoms with van der Waals surface area (Å²) in [5, 5.41) is 14.9. The van der Waals surface area contributed by atoms with E-state index in [1.54, 1.807) is 30.3 Å². The summed E-state index contributed by atoms with van der Waals surface area (Å²) < 4.78 is 30.3. The Morgan fingerprint density at radius 2 is 1.58 bits per heavy atom. The molecule has 4 rings (SSSR count). The summed E-state index contributed by atoms with van der Waals surface area (Å²) >= 11 is 0. The summed E-state index contributed by atoms with van der Waals surface area (Å²) in [5.74, 6) is -2.07. The number of hydrogen-bond donors (Lipinski definition) is 3. The number of para-hydroxylation sites is 1. The molecule has 0 unspecified atom stereocenters. The van der Waals surface area contributed by atoms with Crippen molar-refractivity contribution >= 4 is 29.1 Å². The average Bonchev–Trinajstić information content (AvgIpc) is 2.89. The second-order valence-electron chi connectivity index (χ2n) is 10.1. The number of hydrogen-bond acceptors (Lipinski definition) is 3. The standard InChI is InChI=1S/C30H33F2N3O3/c1-19(2)18-35(21-10-4-3-5-11-21)28-25(32)16-20(22-12-6-7-13-23(22)29(36)37)17-27(28)34-30(38)33-26-15-9-8-14-24(26)31/h6-9,12-17,19,21H,3-5,10-11,18H2,1-2H3,(H,36,37)(H2,33,34,38). The molecule has 0 aliphatic heterocycles. The van der Waals surface area contributed by atoms with E-state index in [4.69, 9.17) is 0 Å². The van der Waals surface area contributed by atoms with Gasteiger partial charge in [0.25, 0.3) is 0 Å². The highest BCUT2D eigenvalue weighted by molar-refractivity contribution is 6.03. The van der Waals surface area contributed by atoms with E-state index in [1.807, 2.05) is 4.90 Å². The maximum atomic E-state index is 16.1. The first-order valence-electron chi connectivity index (χ1n) is 13.0. The quantitative estimate of drug-likeness (QED) is 0.283. The molecule has 0 heterocycles. The second-order valence-corrected chi connectivity index (χ2v) is 10.1. The maximum Gasteiger partial charge on any atom is 0.336 e. The van der Waals surface area contributed by atoms with Crippen LogP contribution in [0.1, 0.15) is 56.3 Å². The van der Waals surface area contributed by atoms with Crippen molar-refractivity contribution in [3.8, 4) is 11.1 Å². The number of carbonyl (C=O) groups is 2. The molecular formula is C30H33F2N3O3. The third kappa shape index (κ3) is 6.30. The Morgan fingerprint density at radius 3 is 2.26 bits per heavy atom. The van der Waals surface area contributed by atoms with E-state index in [1.165, 1.54) is 30.3 Å². The molecule has 0 atom stereocenters. The molecular weight excluding hydrogens is 488 g/mol. The summed E-state index contributed by atoms with van der Waals surface area (Å²) in [5.41, 5.74) is 1.11. The minimum absolute atomic E-state index is 0.00860. The number of rotatable bonds is 8. The summed E-state index contributed by atoms with van der Waals surface area (Å²) in [7, 11) is 0. The zero-order valence-electron chi connectivity index (χ0n) is 21.6. The van der Waals surface area contributed by atoms with Crippen LogP contribution in [0, 0.1) is 17.6 Å².